The van der Waals surface area contributed by atoms with Crippen LogP contribution in [0.25, 0.3) is 10.9 Å². The molecule has 1 N–H and O–H groups in total. The number of anilines is 1. The summed E-state index contributed by atoms with van der Waals surface area (Å²) in [5.41, 5.74) is 0.767. The molecule has 106 valence electrons. The highest BCUT2D eigenvalue weighted by molar-refractivity contribution is 6.06. The molecular weight excluding hydrogens is 274 g/mol. The van der Waals surface area contributed by atoms with Crippen molar-refractivity contribution in [3.05, 3.63) is 65.9 Å². The first kappa shape index (κ1) is 13.3. The molecule has 3 nitrogen and oxygen atoms in total. The maximum absolute atomic E-state index is 13.6. The van der Waals surface area contributed by atoms with Crippen LogP contribution in [0, 0.1) is 11.6 Å². The van der Waals surface area contributed by atoms with Crippen molar-refractivity contribution >= 4 is 22.5 Å². The Morgan fingerprint density at radius 3 is 2.38 bits per heavy atom. The number of halogens is 2. The van der Waals surface area contributed by atoms with Crippen LogP contribution in [0.2, 0.25) is 0 Å². The van der Waals surface area contributed by atoms with Crippen LogP contribution in [-0.2, 0) is 7.05 Å². The van der Waals surface area contributed by atoms with Gasteiger partial charge in [0, 0.05) is 18.0 Å². The van der Waals surface area contributed by atoms with Crippen molar-refractivity contribution in [2.45, 2.75) is 0 Å². The first-order valence-corrected chi connectivity index (χ1v) is 6.38. The summed E-state index contributed by atoms with van der Waals surface area (Å²) >= 11 is 0. The Balaban J connectivity index is 2.00. The number of amides is 1. The lowest BCUT2D eigenvalue weighted by Gasteiger charge is -2.08. The number of carbonyl (C=O) groups excluding carboxylic acids is 1. The number of nitrogens with one attached hydrogen (secondary N) is 1. The van der Waals surface area contributed by atoms with Crippen molar-refractivity contribution in [3.63, 3.8) is 0 Å². The van der Waals surface area contributed by atoms with Gasteiger partial charge in [-0.1, -0.05) is 24.3 Å². The highest BCUT2D eigenvalue weighted by atomic mass is 19.1. The Kier molecular flexibility index (Phi) is 3.17. The highest BCUT2D eigenvalue weighted by Crippen LogP contribution is 2.22. The molecule has 21 heavy (non-hydrogen) atoms. The van der Waals surface area contributed by atoms with Crippen LogP contribution < -0.4 is 5.32 Å². The molecule has 5 heteroatoms. The lowest BCUT2D eigenvalue weighted by atomic mass is 10.2. The van der Waals surface area contributed by atoms with Gasteiger partial charge in [-0.05, 0) is 24.3 Å². The Labute approximate surface area is 119 Å². The van der Waals surface area contributed by atoms with E-state index < -0.39 is 23.2 Å². The summed E-state index contributed by atoms with van der Waals surface area (Å²) in [5.74, 6) is -2.16. The van der Waals surface area contributed by atoms with Crippen molar-refractivity contribution in [1.29, 1.82) is 0 Å². The molecule has 0 aliphatic carbocycles. The van der Waals surface area contributed by atoms with Gasteiger partial charge in [0.1, 0.15) is 23.0 Å². The van der Waals surface area contributed by atoms with Crippen molar-refractivity contribution in [2.24, 2.45) is 7.05 Å². The van der Waals surface area contributed by atoms with E-state index in [0.717, 1.165) is 23.0 Å². The van der Waals surface area contributed by atoms with E-state index in [-0.39, 0.29) is 0 Å². The van der Waals surface area contributed by atoms with E-state index in [0.29, 0.717) is 5.69 Å². The number of fused-ring (bicyclic) bond motifs is 1. The summed E-state index contributed by atoms with van der Waals surface area (Å²) in [6, 6.07) is 12.6. The largest absolute Gasteiger partial charge is 0.340 e. The summed E-state index contributed by atoms with van der Waals surface area (Å²) in [4.78, 5) is 12.2. The van der Waals surface area contributed by atoms with Crippen LogP contribution in [0.5, 0.6) is 0 Å². The molecule has 3 rings (SSSR count). The van der Waals surface area contributed by atoms with E-state index in [1.54, 1.807) is 17.7 Å². The van der Waals surface area contributed by atoms with Gasteiger partial charge in [0.2, 0.25) is 0 Å². The summed E-state index contributed by atoms with van der Waals surface area (Å²) in [5, 5.41) is 3.17. The van der Waals surface area contributed by atoms with E-state index in [1.807, 2.05) is 24.3 Å². The highest BCUT2D eigenvalue weighted by Gasteiger charge is 2.17. The van der Waals surface area contributed by atoms with E-state index in [1.165, 1.54) is 6.07 Å². The van der Waals surface area contributed by atoms with E-state index in [4.69, 9.17) is 0 Å². The van der Waals surface area contributed by atoms with Crippen LogP contribution >= 0.6 is 0 Å². The molecule has 0 aliphatic rings. The zero-order valence-corrected chi connectivity index (χ0v) is 11.2. The average molecular weight is 286 g/mol. The second kappa shape index (κ2) is 5.01. The Bertz CT molecular complexity index is 819. The normalized spacial score (nSPS) is 10.8. The van der Waals surface area contributed by atoms with Crippen LogP contribution in [0.1, 0.15) is 10.5 Å². The second-order valence-electron chi connectivity index (χ2n) is 4.70. The molecule has 1 aromatic heterocycles. The van der Waals surface area contributed by atoms with Crippen molar-refractivity contribution in [3.8, 4) is 0 Å². The number of aromatic nitrogens is 1. The van der Waals surface area contributed by atoms with E-state index in [9.17, 15) is 13.6 Å². The third-order valence-electron chi connectivity index (χ3n) is 3.39. The summed E-state index contributed by atoms with van der Waals surface area (Å²) in [7, 11) is 1.73. The molecule has 0 atom stereocenters. The minimum Gasteiger partial charge on any atom is -0.340 e. The smallest absolute Gasteiger partial charge is 0.272 e. The fourth-order valence-corrected chi connectivity index (χ4v) is 2.30. The van der Waals surface area contributed by atoms with E-state index in [2.05, 4.69) is 5.32 Å². The van der Waals surface area contributed by atoms with Crippen LogP contribution in [-0.4, -0.2) is 10.5 Å². The number of carbonyl (C=O) groups is 1. The molecular formula is C16H12F2N2O. The minimum atomic E-state index is -0.804. The number of hydrogen-bond acceptors (Lipinski definition) is 1. The molecule has 2 aromatic carbocycles. The molecule has 0 aliphatic heterocycles. The first-order chi connectivity index (χ1) is 10.1. The third-order valence-corrected chi connectivity index (χ3v) is 3.39. The predicted octanol–water partition coefficient (Wildman–Crippen LogP) is 3.71. The summed E-state index contributed by atoms with van der Waals surface area (Å²) in [6.07, 6.45) is 0. The number of rotatable bonds is 2. The summed E-state index contributed by atoms with van der Waals surface area (Å²) in [6.45, 7) is 0. The van der Waals surface area contributed by atoms with Crippen molar-refractivity contribution < 1.29 is 13.6 Å². The topological polar surface area (TPSA) is 34.0 Å². The van der Waals surface area contributed by atoms with Gasteiger partial charge in [-0.15, -0.1) is 0 Å². The Morgan fingerprint density at radius 1 is 1.05 bits per heavy atom. The Morgan fingerprint density at radius 2 is 1.71 bits per heavy atom. The van der Waals surface area contributed by atoms with Gasteiger partial charge < -0.3 is 9.88 Å². The predicted molar refractivity (Wildman–Crippen MR) is 77.2 cm³/mol. The number of nitrogens with zero attached hydrogens (tertiary/aromatic N) is 1. The third kappa shape index (κ3) is 2.27. The molecule has 0 radical (unpaired) electrons. The van der Waals surface area contributed by atoms with Gasteiger partial charge in [-0.3, -0.25) is 4.79 Å². The first-order valence-electron chi connectivity index (χ1n) is 6.38. The molecule has 0 saturated carbocycles. The molecule has 0 saturated heterocycles. The number of hydrogen-bond donors (Lipinski definition) is 1. The SMILES string of the molecule is Cn1c(C(=O)Nc2c(F)cccc2F)cc2ccccc21. The average Bonchev–Trinajstić information content (AvgIpc) is 2.81. The van der Waals surface area contributed by atoms with Gasteiger partial charge in [0.25, 0.3) is 5.91 Å². The molecule has 1 heterocycles. The van der Waals surface area contributed by atoms with E-state index >= 15 is 0 Å². The number of para-hydroxylation sites is 2. The van der Waals surface area contributed by atoms with Gasteiger partial charge in [-0.25, -0.2) is 8.78 Å². The molecule has 3 aromatic rings. The van der Waals surface area contributed by atoms with Gasteiger partial charge >= 0.3 is 0 Å². The van der Waals surface area contributed by atoms with Crippen LogP contribution in [0.15, 0.2) is 48.5 Å². The minimum absolute atomic E-state index is 0.332. The summed E-state index contributed by atoms with van der Waals surface area (Å²) < 4.78 is 28.8. The van der Waals surface area contributed by atoms with Gasteiger partial charge in [0.15, 0.2) is 0 Å². The van der Waals surface area contributed by atoms with Gasteiger partial charge in [-0.2, -0.15) is 0 Å². The number of benzene rings is 2. The lowest BCUT2D eigenvalue weighted by Crippen LogP contribution is -2.17. The maximum atomic E-state index is 13.6. The fourth-order valence-electron chi connectivity index (χ4n) is 2.30. The molecule has 1 amide bonds. The Hall–Kier alpha value is -2.69. The monoisotopic (exact) mass is 286 g/mol. The molecule has 0 spiro atoms. The lowest BCUT2D eigenvalue weighted by molar-refractivity contribution is 0.101. The molecule has 0 unspecified atom stereocenters. The standard InChI is InChI=1S/C16H12F2N2O/c1-20-13-8-3-2-5-10(13)9-14(20)16(21)19-15-11(17)6-4-7-12(15)18/h2-9H,1H3,(H,19,21). The second-order valence-corrected chi connectivity index (χ2v) is 4.70. The molecule has 0 bridgehead atoms. The quantitative estimate of drug-likeness (QED) is 0.765. The zero-order chi connectivity index (χ0) is 15.0. The van der Waals surface area contributed by atoms with Crippen LogP contribution in [0.4, 0.5) is 14.5 Å². The van der Waals surface area contributed by atoms with Crippen molar-refractivity contribution in [2.75, 3.05) is 5.32 Å². The fraction of sp³-hybridized carbons (Fsp3) is 0.0625. The maximum Gasteiger partial charge on any atom is 0.272 e. The molecule has 0 fully saturated rings. The van der Waals surface area contributed by atoms with Gasteiger partial charge in [0.05, 0.1) is 0 Å². The van der Waals surface area contributed by atoms with Crippen LogP contribution in [0.3, 0.4) is 0 Å². The number of aryl methyl sites for hydroxylation is 1. The van der Waals surface area contributed by atoms with Crippen molar-refractivity contribution in [1.82, 2.24) is 4.57 Å². The zero-order valence-electron chi connectivity index (χ0n) is 11.2.